The molecule has 0 aliphatic carbocycles. The van der Waals surface area contributed by atoms with E-state index in [4.69, 9.17) is 14.7 Å². The Morgan fingerprint density at radius 2 is 1.91 bits per heavy atom. The third-order valence-electron chi connectivity index (χ3n) is 3.10. The van der Waals surface area contributed by atoms with Crippen LogP contribution in [0.2, 0.25) is 0 Å². The third kappa shape index (κ3) is 5.01. The van der Waals surface area contributed by atoms with Crippen LogP contribution >= 0.6 is 0 Å². The SMILES string of the molecule is C=CCOC(=O)C(C#N)Cc1cccc(Oc2ccccc2)c1. The van der Waals surface area contributed by atoms with Crippen LogP contribution in [0.25, 0.3) is 0 Å². The van der Waals surface area contributed by atoms with Gasteiger partial charge in [0, 0.05) is 0 Å². The topological polar surface area (TPSA) is 59.3 Å². The molecule has 0 fully saturated rings. The Bertz CT molecular complexity index is 704. The molecule has 0 aliphatic rings. The van der Waals surface area contributed by atoms with Crippen molar-refractivity contribution >= 4 is 5.97 Å². The molecule has 4 nitrogen and oxygen atoms in total. The molecule has 0 radical (unpaired) electrons. The molecule has 116 valence electrons. The summed E-state index contributed by atoms with van der Waals surface area (Å²) in [4.78, 5) is 11.8. The van der Waals surface area contributed by atoms with Crippen molar-refractivity contribution in [3.63, 3.8) is 0 Å². The van der Waals surface area contributed by atoms with Gasteiger partial charge in [0.25, 0.3) is 0 Å². The van der Waals surface area contributed by atoms with Gasteiger partial charge in [-0.1, -0.05) is 43.0 Å². The average Bonchev–Trinajstić information content (AvgIpc) is 2.59. The van der Waals surface area contributed by atoms with Crippen LogP contribution in [0.1, 0.15) is 5.56 Å². The number of esters is 1. The van der Waals surface area contributed by atoms with Crippen molar-refractivity contribution < 1.29 is 14.3 Å². The molecule has 2 aromatic rings. The lowest BCUT2D eigenvalue weighted by Crippen LogP contribution is -2.18. The van der Waals surface area contributed by atoms with E-state index in [9.17, 15) is 4.79 Å². The highest BCUT2D eigenvalue weighted by Crippen LogP contribution is 2.23. The molecule has 1 unspecified atom stereocenters. The molecule has 2 aromatic carbocycles. The van der Waals surface area contributed by atoms with E-state index >= 15 is 0 Å². The molecule has 0 saturated heterocycles. The second-order valence-corrected chi connectivity index (χ2v) is 4.87. The molecule has 0 aliphatic heterocycles. The maximum atomic E-state index is 11.8. The molecule has 1 atom stereocenters. The summed E-state index contributed by atoms with van der Waals surface area (Å²) in [6.45, 7) is 3.58. The molecule has 0 heterocycles. The fraction of sp³-hybridized carbons (Fsp3) is 0.158. The van der Waals surface area contributed by atoms with E-state index in [1.165, 1.54) is 6.08 Å². The molecular weight excluding hydrogens is 290 g/mol. The zero-order valence-corrected chi connectivity index (χ0v) is 12.6. The number of carbonyl (C=O) groups excluding carboxylic acids is 1. The first-order valence-corrected chi connectivity index (χ1v) is 7.22. The molecule has 23 heavy (non-hydrogen) atoms. The molecule has 0 saturated carbocycles. The minimum Gasteiger partial charge on any atom is -0.460 e. The number of ether oxygens (including phenoxy) is 2. The van der Waals surface area contributed by atoms with Crippen molar-refractivity contribution in [3.8, 4) is 17.6 Å². The monoisotopic (exact) mass is 307 g/mol. The Labute approximate surface area is 135 Å². The molecule has 2 rings (SSSR count). The van der Waals surface area contributed by atoms with Crippen LogP contribution in [-0.4, -0.2) is 12.6 Å². The first-order chi connectivity index (χ1) is 11.2. The van der Waals surface area contributed by atoms with Crippen molar-refractivity contribution in [3.05, 3.63) is 72.8 Å². The predicted octanol–water partition coefficient (Wildman–Crippen LogP) is 3.89. The Hall–Kier alpha value is -3.06. The van der Waals surface area contributed by atoms with Crippen LogP contribution in [0.5, 0.6) is 11.5 Å². The highest BCUT2D eigenvalue weighted by atomic mass is 16.5. The predicted molar refractivity (Wildman–Crippen MR) is 86.9 cm³/mol. The minimum atomic E-state index is -0.845. The van der Waals surface area contributed by atoms with Gasteiger partial charge in [-0.15, -0.1) is 0 Å². The molecule has 0 spiro atoms. The van der Waals surface area contributed by atoms with Gasteiger partial charge < -0.3 is 9.47 Å². The van der Waals surface area contributed by atoms with Crippen LogP contribution < -0.4 is 4.74 Å². The molecule has 4 heteroatoms. The van der Waals surface area contributed by atoms with Gasteiger partial charge in [-0.3, -0.25) is 4.79 Å². The summed E-state index contributed by atoms with van der Waals surface area (Å²) in [5.41, 5.74) is 0.834. The van der Waals surface area contributed by atoms with Gasteiger partial charge in [0.2, 0.25) is 0 Å². The van der Waals surface area contributed by atoms with Gasteiger partial charge in [0.15, 0.2) is 0 Å². The number of nitrogens with zero attached hydrogens (tertiary/aromatic N) is 1. The molecule has 0 N–H and O–H groups in total. The second-order valence-electron chi connectivity index (χ2n) is 4.87. The van der Waals surface area contributed by atoms with Crippen LogP contribution in [0, 0.1) is 17.2 Å². The van der Waals surface area contributed by atoms with Crippen molar-refractivity contribution in [1.82, 2.24) is 0 Å². The van der Waals surface area contributed by atoms with E-state index < -0.39 is 11.9 Å². The maximum Gasteiger partial charge on any atom is 0.323 e. The lowest BCUT2D eigenvalue weighted by Gasteiger charge is -2.10. The molecule has 0 bridgehead atoms. The zero-order valence-electron chi connectivity index (χ0n) is 12.6. The number of rotatable bonds is 7. The molecule has 0 aromatic heterocycles. The van der Waals surface area contributed by atoms with Gasteiger partial charge in [0.1, 0.15) is 24.0 Å². The van der Waals surface area contributed by atoms with Crippen LogP contribution in [0.15, 0.2) is 67.3 Å². The smallest absolute Gasteiger partial charge is 0.323 e. The van der Waals surface area contributed by atoms with E-state index in [1.807, 2.05) is 60.7 Å². The highest BCUT2D eigenvalue weighted by Gasteiger charge is 2.20. The molecular formula is C19H17NO3. The highest BCUT2D eigenvalue weighted by molar-refractivity contribution is 5.75. The lowest BCUT2D eigenvalue weighted by atomic mass is 10.0. The van der Waals surface area contributed by atoms with Gasteiger partial charge in [-0.2, -0.15) is 5.26 Å². The standard InChI is InChI=1S/C19H17NO3/c1-2-11-22-19(21)16(14-20)12-15-7-6-10-18(13-15)23-17-8-4-3-5-9-17/h2-10,13,16H,1,11-12H2. The summed E-state index contributed by atoms with van der Waals surface area (Å²) in [6.07, 6.45) is 1.75. The van der Waals surface area contributed by atoms with E-state index in [-0.39, 0.29) is 13.0 Å². The van der Waals surface area contributed by atoms with Crippen LogP contribution in [0.3, 0.4) is 0 Å². The van der Waals surface area contributed by atoms with Gasteiger partial charge in [-0.25, -0.2) is 0 Å². The Kier molecular flexibility index (Phi) is 5.96. The number of para-hydroxylation sites is 1. The van der Waals surface area contributed by atoms with Crippen LogP contribution in [0.4, 0.5) is 0 Å². The summed E-state index contributed by atoms with van der Waals surface area (Å²) in [7, 11) is 0. The van der Waals surface area contributed by atoms with Crippen molar-refractivity contribution in [2.45, 2.75) is 6.42 Å². The summed E-state index contributed by atoms with van der Waals surface area (Å²) in [6, 6.07) is 18.7. The Morgan fingerprint density at radius 3 is 2.61 bits per heavy atom. The van der Waals surface area contributed by atoms with E-state index in [1.54, 1.807) is 0 Å². The first kappa shape index (κ1) is 16.3. The number of benzene rings is 2. The third-order valence-corrected chi connectivity index (χ3v) is 3.10. The summed E-state index contributed by atoms with van der Waals surface area (Å²) in [5.74, 6) is 0.000399. The average molecular weight is 307 g/mol. The number of nitriles is 1. The van der Waals surface area contributed by atoms with E-state index in [0.29, 0.717) is 5.75 Å². The van der Waals surface area contributed by atoms with Gasteiger partial charge in [0.05, 0.1) is 6.07 Å². The largest absolute Gasteiger partial charge is 0.460 e. The van der Waals surface area contributed by atoms with Crippen molar-refractivity contribution in [1.29, 1.82) is 5.26 Å². The first-order valence-electron chi connectivity index (χ1n) is 7.22. The maximum absolute atomic E-state index is 11.8. The van der Waals surface area contributed by atoms with E-state index in [0.717, 1.165) is 11.3 Å². The fourth-order valence-corrected chi connectivity index (χ4v) is 2.02. The fourth-order valence-electron chi connectivity index (χ4n) is 2.02. The summed E-state index contributed by atoms with van der Waals surface area (Å²) >= 11 is 0. The van der Waals surface area contributed by atoms with Crippen molar-refractivity contribution in [2.24, 2.45) is 5.92 Å². The Balaban J connectivity index is 2.05. The number of hydrogen-bond acceptors (Lipinski definition) is 4. The van der Waals surface area contributed by atoms with Gasteiger partial charge >= 0.3 is 5.97 Å². The lowest BCUT2D eigenvalue weighted by molar-refractivity contribution is -0.145. The normalized spacial score (nSPS) is 11.1. The number of hydrogen-bond donors (Lipinski definition) is 0. The quantitative estimate of drug-likeness (QED) is 0.575. The summed E-state index contributed by atoms with van der Waals surface area (Å²) in [5, 5.41) is 9.15. The summed E-state index contributed by atoms with van der Waals surface area (Å²) < 4.78 is 10.7. The van der Waals surface area contributed by atoms with E-state index in [2.05, 4.69) is 6.58 Å². The van der Waals surface area contributed by atoms with Gasteiger partial charge in [-0.05, 0) is 36.2 Å². The molecule has 0 amide bonds. The number of carbonyl (C=O) groups is 1. The van der Waals surface area contributed by atoms with Crippen LogP contribution in [-0.2, 0) is 16.0 Å². The minimum absolute atomic E-state index is 0.105. The van der Waals surface area contributed by atoms with Crippen molar-refractivity contribution in [2.75, 3.05) is 6.61 Å². The Morgan fingerprint density at radius 1 is 1.17 bits per heavy atom. The zero-order chi connectivity index (χ0) is 16.5. The second kappa shape index (κ2) is 8.40.